The summed E-state index contributed by atoms with van der Waals surface area (Å²) in [6, 6.07) is -0.872. The van der Waals surface area contributed by atoms with Crippen molar-refractivity contribution < 1.29 is 18.9 Å². The lowest BCUT2D eigenvalue weighted by Gasteiger charge is -2.39. The fourth-order valence-corrected chi connectivity index (χ4v) is 3.22. The molecule has 0 spiro atoms. The Morgan fingerprint density at radius 1 is 1.33 bits per heavy atom. The molecule has 0 aromatic carbocycles. The second-order valence-corrected chi connectivity index (χ2v) is 11.5. The molecule has 6 nitrogen and oxygen atoms in total. The molecule has 0 aromatic heterocycles. The van der Waals surface area contributed by atoms with Crippen molar-refractivity contribution in [1.82, 2.24) is 0 Å². The van der Waals surface area contributed by atoms with E-state index in [9.17, 15) is 14.9 Å². The molecule has 124 valence electrons. The van der Waals surface area contributed by atoms with Gasteiger partial charge in [-0.05, 0) is 24.6 Å². The molecule has 0 amide bonds. The minimum Gasteiger partial charge on any atom is -0.469 e. The molecule has 21 heavy (non-hydrogen) atoms. The average molecular weight is 319 g/mol. The fraction of sp³-hybridized carbons (Fsp3) is 0.929. The van der Waals surface area contributed by atoms with Crippen LogP contribution in [-0.2, 0) is 14.0 Å². The van der Waals surface area contributed by atoms with E-state index in [0.717, 1.165) is 0 Å². The van der Waals surface area contributed by atoms with Gasteiger partial charge in [0.25, 0.3) is 0 Å². The molecule has 0 saturated heterocycles. The van der Waals surface area contributed by atoms with Gasteiger partial charge < -0.3 is 9.16 Å². The summed E-state index contributed by atoms with van der Waals surface area (Å²) in [5, 5.41) is 11.3. The van der Waals surface area contributed by atoms with Crippen LogP contribution in [0.15, 0.2) is 0 Å². The third-order valence-corrected chi connectivity index (χ3v) is 8.73. The van der Waals surface area contributed by atoms with E-state index in [4.69, 9.17) is 4.43 Å². The summed E-state index contributed by atoms with van der Waals surface area (Å²) < 4.78 is 10.7. The molecule has 2 atom stereocenters. The number of nitrogens with zero attached hydrogens (tertiary/aromatic N) is 1. The van der Waals surface area contributed by atoms with E-state index in [1.165, 1.54) is 7.11 Å². The van der Waals surface area contributed by atoms with Crippen LogP contribution in [-0.4, -0.2) is 38.5 Å². The van der Waals surface area contributed by atoms with E-state index in [-0.39, 0.29) is 22.8 Å². The van der Waals surface area contributed by atoms with Crippen molar-refractivity contribution >= 4 is 14.3 Å². The van der Waals surface area contributed by atoms with Crippen molar-refractivity contribution in [1.29, 1.82) is 0 Å². The summed E-state index contributed by atoms with van der Waals surface area (Å²) in [6.45, 7) is 12.3. The average Bonchev–Trinajstić information content (AvgIpc) is 2.35. The SMILES string of the molecule is CC[C@@H](O[Si](C)(C)C(C)(C)C)[C@H](CCC(=O)OC)[N+](=O)[O-]. The summed E-state index contributed by atoms with van der Waals surface area (Å²) in [5.41, 5.74) is 0. The second-order valence-electron chi connectivity index (χ2n) is 6.79. The minimum atomic E-state index is -2.08. The standard InChI is InChI=1S/C14H29NO5Si/c1-8-12(20-21(6,7)14(2,3)4)11(15(17)18)9-10-13(16)19-5/h11-12H,8-10H2,1-7H3/t11-,12+/m0/s1. The first-order valence-electron chi connectivity index (χ1n) is 7.34. The Hall–Kier alpha value is -0.953. The molecule has 0 aliphatic carbocycles. The monoisotopic (exact) mass is 319 g/mol. The molecular formula is C14H29NO5Si. The third-order valence-electron chi connectivity index (χ3n) is 4.23. The largest absolute Gasteiger partial charge is 0.469 e. The summed E-state index contributed by atoms with van der Waals surface area (Å²) in [6.07, 6.45) is 0.275. The van der Waals surface area contributed by atoms with Gasteiger partial charge in [-0.15, -0.1) is 0 Å². The van der Waals surface area contributed by atoms with E-state index in [1.54, 1.807) is 0 Å². The number of ether oxygens (including phenoxy) is 1. The molecule has 0 bridgehead atoms. The van der Waals surface area contributed by atoms with Gasteiger partial charge in [0.15, 0.2) is 8.32 Å². The highest BCUT2D eigenvalue weighted by molar-refractivity contribution is 6.74. The molecule has 0 N–H and O–H groups in total. The van der Waals surface area contributed by atoms with E-state index in [1.807, 2.05) is 6.92 Å². The van der Waals surface area contributed by atoms with E-state index in [0.29, 0.717) is 6.42 Å². The Kier molecular flexibility index (Phi) is 7.53. The predicted molar refractivity (Wildman–Crippen MR) is 84.4 cm³/mol. The Bertz CT molecular complexity index is 365. The third kappa shape index (κ3) is 6.13. The van der Waals surface area contributed by atoms with Gasteiger partial charge in [-0.2, -0.15) is 0 Å². The first-order chi connectivity index (χ1) is 9.46. The molecule has 0 aliphatic heterocycles. The van der Waals surface area contributed by atoms with E-state index < -0.39 is 26.4 Å². The molecule has 0 radical (unpaired) electrons. The number of carbonyl (C=O) groups excluding carboxylic acids is 1. The number of carbonyl (C=O) groups is 1. The van der Waals surface area contributed by atoms with Gasteiger partial charge >= 0.3 is 5.97 Å². The lowest BCUT2D eigenvalue weighted by atomic mass is 10.0. The van der Waals surface area contributed by atoms with Crippen LogP contribution >= 0.6 is 0 Å². The van der Waals surface area contributed by atoms with Crippen molar-refractivity contribution in [2.45, 2.75) is 77.2 Å². The number of esters is 1. The van der Waals surface area contributed by atoms with Crippen LogP contribution < -0.4 is 0 Å². The molecule has 0 aliphatic rings. The van der Waals surface area contributed by atoms with Gasteiger partial charge in [0.2, 0.25) is 6.04 Å². The highest BCUT2D eigenvalue weighted by atomic mass is 28.4. The molecule has 7 heteroatoms. The highest BCUT2D eigenvalue weighted by Crippen LogP contribution is 2.38. The summed E-state index contributed by atoms with van der Waals surface area (Å²) >= 11 is 0. The second kappa shape index (κ2) is 7.89. The number of methoxy groups -OCH3 is 1. The quantitative estimate of drug-likeness (QED) is 0.296. The van der Waals surface area contributed by atoms with Gasteiger partial charge in [0, 0.05) is 11.3 Å². The maximum Gasteiger partial charge on any atom is 0.305 e. The number of rotatable bonds is 8. The Balaban J connectivity index is 5.00. The number of hydrogen-bond acceptors (Lipinski definition) is 5. The normalized spacial score (nSPS) is 15.4. The van der Waals surface area contributed by atoms with E-state index in [2.05, 4.69) is 38.6 Å². The summed E-state index contributed by atoms with van der Waals surface area (Å²) in [4.78, 5) is 22.2. The fourth-order valence-electron chi connectivity index (χ4n) is 1.78. The van der Waals surface area contributed by atoms with Crippen LogP contribution in [0.5, 0.6) is 0 Å². The lowest BCUT2D eigenvalue weighted by molar-refractivity contribution is -0.534. The van der Waals surface area contributed by atoms with Crippen LogP contribution in [0.4, 0.5) is 0 Å². The maximum atomic E-state index is 11.3. The number of hydrogen-bond donors (Lipinski definition) is 0. The molecule has 0 saturated carbocycles. The highest BCUT2D eigenvalue weighted by Gasteiger charge is 2.43. The first kappa shape index (κ1) is 20.0. The first-order valence-corrected chi connectivity index (χ1v) is 10.2. The molecule has 0 fully saturated rings. The van der Waals surface area contributed by atoms with Gasteiger partial charge in [-0.3, -0.25) is 14.9 Å². The zero-order chi connectivity index (χ0) is 16.8. The van der Waals surface area contributed by atoms with Crippen molar-refractivity contribution in [2.24, 2.45) is 0 Å². The zero-order valence-electron chi connectivity index (χ0n) is 14.3. The van der Waals surface area contributed by atoms with Crippen LogP contribution in [0.3, 0.4) is 0 Å². The van der Waals surface area contributed by atoms with Crippen LogP contribution in [0.2, 0.25) is 18.1 Å². The Labute approximate surface area is 128 Å². The van der Waals surface area contributed by atoms with Gasteiger partial charge in [0.1, 0.15) is 6.10 Å². The van der Waals surface area contributed by atoms with Crippen LogP contribution in [0.1, 0.15) is 47.0 Å². The van der Waals surface area contributed by atoms with Crippen molar-refractivity contribution in [3.63, 3.8) is 0 Å². The van der Waals surface area contributed by atoms with Crippen LogP contribution in [0, 0.1) is 10.1 Å². The smallest absolute Gasteiger partial charge is 0.305 e. The summed E-state index contributed by atoms with van der Waals surface area (Å²) in [5.74, 6) is -0.427. The topological polar surface area (TPSA) is 78.7 Å². The lowest BCUT2D eigenvalue weighted by Crippen LogP contribution is -2.48. The Morgan fingerprint density at radius 2 is 1.86 bits per heavy atom. The van der Waals surface area contributed by atoms with Gasteiger partial charge in [0.05, 0.1) is 13.5 Å². The molecule has 0 unspecified atom stereocenters. The zero-order valence-corrected chi connectivity index (χ0v) is 15.3. The molecular weight excluding hydrogens is 290 g/mol. The van der Waals surface area contributed by atoms with Crippen molar-refractivity contribution in [2.75, 3.05) is 7.11 Å². The van der Waals surface area contributed by atoms with Crippen molar-refractivity contribution in [3.05, 3.63) is 10.1 Å². The van der Waals surface area contributed by atoms with Crippen LogP contribution in [0.25, 0.3) is 0 Å². The van der Waals surface area contributed by atoms with Crippen molar-refractivity contribution in [3.8, 4) is 0 Å². The summed E-state index contributed by atoms with van der Waals surface area (Å²) in [7, 11) is -0.798. The van der Waals surface area contributed by atoms with E-state index >= 15 is 0 Å². The predicted octanol–water partition coefficient (Wildman–Crippen LogP) is 3.39. The molecule has 0 heterocycles. The minimum absolute atomic E-state index is 0.0100. The Morgan fingerprint density at radius 3 is 2.19 bits per heavy atom. The molecule has 0 aromatic rings. The number of nitro groups is 1. The van der Waals surface area contributed by atoms with Gasteiger partial charge in [-0.1, -0.05) is 27.7 Å². The maximum absolute atomic E-state index is 11.3. The van der Waals surface area contributed by atoms with Gasteiger partial charge in [-0.25, -0.2) is 0 Å². The molecule has 0 rings (SSSR count).